The van der Waals surface area contributed by atoms with Gasteiger partial charge in [0.15, 0.2) is 0 Å². The molecule has 0 radical (unpaired) electrons. The standard InChI is InChI=1S/C11H13N5O2/c1-11(5-13-6-11)17-4-9-15-10(16-18-9)8-2-3-12-7-14-8/h2-3,7,13H,4-6H2,1H3. The Morgan fingerprint density at radius 2 is 2.39 bits per heavy atom. The maximum Gasteiger partial charge on any atom is 0.253 e. The highest BCUT2D eigenvalue weighted by Crippen LogP contribution is 2.18. The number of ether oxygens (including phenoxy) is 1. The van der Waals surface area contributed by atoms with Gasteiger partial charge in [-0.3, -0.25) is 0 Å². The Bertz CT molecular complexity index is 523. The summed E-state index contributed by atoms with van der Waals surface area (Å²) < 4.78 is 10.8. The molecule has 18 heavy (non-hydrogen) atoms. The van der Waals surface area contributed by atoms with Crippen molar-refractivity contribution in [2.24, 2.45) is 0 Å². The van der Waals surface area contributed by atoms with Gasteiger partial charge in [0.2, 0.25) is 5.82 Å². The summed E-state index contributed by atoms with van der Waals surface area (Å²) >= 11 is 0. The van der Waals surface area contributed by atoms with E-state index in [9.17, 15) is 0 Å². The first kappa shape index (κ1) is 11.2. The van der Waals surface area contributed by atoms with E-state index in [2.05, 4.69) is 25.4 Å². The van der Waals surface area contributed by atoms with Crippen LogP contribution in [-0.4, -0.2) is 38.8 Å². The van der Waals surface area contributed by atoms with Crippen molar-refractivity contribution in [1.29, 1.82) is 0 Å². The highest BCUT2D eigenvalue weighted by atomic mass is 16.5. The van der Waals surface area contributed by atoms with Gasteiger partial charge >= 0.3 is 0 Å². The van der Waals surface area contributed by atoms with Crippen LogP contribution in [0.3, 0.4) is 0 Å². The van der Waals surface area contributed by atoms with Crippen molar-refractivity contribution in [3.05, 3.63) is 24.5 Å². The van der Waals surface area contributed by atoms with Gasteiger partial charge in [0.05, 0.1) is 5.60 Å². The molecular weight excluding hydrogens is 234 g/mol. The molecule has 0 saturated carbocycles. The summed E-state index contributed by atoms with van der Waals surface area (Å²) in [4.78, 5) is 12.1. The van der Waals surface area contributed by atoms with Crippen LogP contribution in [0.25, 0.3) is 11.5 Å². The molecule has 0 aromatic carbocycles. The fourth-order valence-electron chi connectivity index (χ4n) is 1.66. The second-order valence-electron chi connectivity index (χ2n) is 4.45. The average Bonchev–Trinajstić information content (AvgIpc) is 2.84. The second kappa shape index (κ2) is 4.43. The number of nitrogens with one attached hydrogen (secondary N) is 1. The van der Waals surface area contributed by atoms with E-state index in [-0.39, 0.29) is 5.60 Å². The van der Waals surface area contributed by atoms with Crippen LogP contribution in [0.5, 0.6) is 0 Å². The van der Waals surface area contributed by atoms with E-state index >= 15 is 0 Å². The van der Waals surface area contributed by atoms with Crippen LogP contribution in [0.1, 0.15) is 12.8 Å². The van der Waals surface area contributed by atoms with Gasteiger partial charge in [-0.25, -0.2) is 9.97 Å². The van der Waals surface area contributed by atoms with Crippen LogP contribution < -0.4 is 5.32 Å². The van der Waals surface area contributed by atoms with Crippen LogP contribution in [0, 0.1) is 0 Å². The molecule has 2 aromatic rings. The molecule has 0 atom stereocenters. The molecular formula is C11H13N5O2. The predicted molar refractivity (Wildman–Crippen MR) is 61.4 cm³/mol. The van der Waals surface area contributed by atoms with Crippen molar-refractivity contribution in [1.82, 2.24) is 25.4 Å². The SMILES string of the molecule is CC1(OCc2nc(-c3ccncn3)no2)CNC1. The van der Waals surface area contributed by atoms with Gasteiger partial charge < -0.3 is 14.6 Å². The third-order valence-electron chi connectivity index (χ3n) is 2.82. The third kappa shape index (κ3) is 2.22. The molecule has 0 amide bonds. The van der Waals surface area contributed by atoms with E-state index < -0.39 is 0 Å². The van der Waals surface area contributed by atoms with Crippen LogP contribution >= 0.6 is 0 Å². The summed E-state index contributed by atoms with van der Waals surface area (Å²) in [5.41, 5.74) is 0.514. The Hall–Kier alpha value is -1.86. The third-order valence-corrected chi connectivity index (χ3v) is 2.82. The number of hydrogen-bond acceptors (Lipinski definition) is 7. The van der Waals surface area contributed by atoms with Crippen molar-refractivity contribution >= 4 is 0 Å². The zero-order chi connectivity index (χ0) is 12.4. The molecule has 1 aliphatic rings. The Morgan fingerprint density at radius 3 is 3.06 bits per heavy atom. The minimum absolute atomic E-state index is 0.121. The minimum Gasteiger partial charge on any atom is -0.363 e. The first-order chi connectivity index (χ1) is 8.75. The quantitative estimate of drug-likeness (QED) is 0.837. The molecule has 94 valence electrons. The van der Waals surface area contributed by atoms with Crippen LogP contribution in [0.4, 0.5) is 0 Å². The van der Waals surface area contributed by atoms with Crippen molar-refractivity contribution in [2.45, 2.75) is 19.1 Å². The van der Waals surface area contributed by atoms with Crippen molar-refractivity contribution in [3.8, 4) is 11.5 Å². The lowest BCUT2D eigenvalue weighted by Crippen LogP contribution is -2.58. The summed E-state index contributed by atoms with van der Waals surface area (Å²) in [6, 6.07) is 1.73. The van der Waals surface area contributed by atoms with Crippen molar-refractivity contribution < 1.29 is 9.26 Å². The fourth-order valence-corrected chi connectivity index (χ4v) is 1.66. The number of rotatable bonds is 4. The van der Waals surface area contributed by atoms with E-state index in [1.54, 1.807) is 12.3 Å². The maximum atomic E-state index is 5.71. The van der Waals surface area contributed by atoms with Crippen LogP contribution in [-0.2, 0) is 11.3 Å². The Balaban J connectivity index is 1.66. The van der Waals surface area contributed by atoms with Crippen LogP contribution in [0.2, 0.25) is 0 Å². The molecule has 1 aliphatic heterocycles. The number of aromatic nitrogens is 4. The summed E-state index contributed by atoms with van der Waals surface area (Å²) in [6.45, 7) is 4.06. The van der Waals surface area contributed by atoms with E-state index in [0.717, 1.165) is 13.1 Å². The molecule has 0 aliphatic carbocycles. The van der Waals surface area contributed by atoms with Gasteiger partial charge in [-0.15, -0.1) is 0 Å². The van der Waals surface area contributed by atoms with E-state index in [4.69, 9.17) is 9.26 Å². The number of nitrogens with zero attached hydrogens (tertiary/aromatic N) is 4. The molecule has 3 heterocycles. The molecule has 0 spiro atoms. The molecule has 7 nitrogen and oxygen atoms in total. The van der Waals surface area contributed by atoms with Gasteiger partial charge in [0.25, 0.3) is 5.89 Å². The normalized spacial score (nSPS) is 17.4. The predicted octanol–water partition coefficient (Wildman–Crippen LogP) is 0.405. The van der Waals surface area contributed by atoms with Crippen molar-refractivity contribution in [2.75, 3.05) is 13.1 Å². The molecule has 7 heteroatoms. The van der Waals surface area contributed by atoms with E-state index in [1.165, 1.54) is 6.33 Å². The molecule has 3 rings (SSSR count). The summed E-state index contributed by atoms with van der Waals surface area (Å²) in [7, 11) is 0. The molecule has 0 bridgehead atoms. The summed E-state index contributed by atoms with van der Waals surface area (Å²) in [5, 5.41) is 7.02. The highest BCUT2D eigenvalue weighted by Gasteiger charge is 2.33. The zero-order valence-corrected chi connectivity index (χ0v) is 9.96. The molecule has 1 saturated heterocycles. The summed E-state index contributed by atoms with van der Waals surface area (Å²) in [5.74, 6) is 0.907. The first-order valence-electron chi connectivity index (χ1n) is 5.69. The van der Waals surface area contributed by atoms with Crippen molar-refractivity contribution in [3.63, 3.8) is 0 Å². The Morgan fingerprint density at radius 1 is 1.50 bits per heavy atom. The highest BCUT2D eigenvalue weighted by molar-refractivity contribution is 5.46. The lowest BCUT2D eigenvalue weighted by atomic mass is 10.0. The lowest BCUT2D eigenvalue weighted by Gasteiger charge is -2.38. The van der Waals surface area contributed by atoms with Gasteiger partial charge in [0.1, 0.15) is 18.6 Å². The summed E-state index contributed by atoms with van der Waals surface area (Å²) in [6.07, 6.45) is 3.08. The van der Waals surface area contributed by atoms with Gasteiger partial charge in [-0.05, 0) is 13.0 Å². The molecule has 2 aromatic heterocycles. The van der Waals surface area contributed by atoms with Crippen LogP contribution in [0.15, 0.2) is 23.1 Å². The molecule has 1 fully saturated rings. The van der Waals surface area contributed by atoms with Gasteiger partial charge in [0, 0.05) is 19.3 Å². The maximum absolute atomic E-state index is 5.71. The Kier molecular flexibility index (Phi) is 2.77. The topological polar surface area (TPSA) is 86.0 Å². The number of hydrogen-bond donors (Lipinski definition) is 1. The first-order valence-corrected chi connectivity index (χ1v) is 5.69. The molecule has 1 N–H and O–H groups in total. The smallest absolute Gasteiger partial charge is 0.253 e. The van der Waals surface area contributed by atoms with Gasteiger partial charge in [-0.2, -0.15) is 4.98 Å². The minimum atomic E-state index is -0.121. The lowest BCUT2D eigenvalue weighted by molar-refractivity contribution is -0.0841. The van der Waals surface area contributed by atoms with E-state index in [1.807, 2.05) is 6.92 Å². The largest absolute Gasteiger partial charge is 0.363 e. The average molecular weight is 247 g/mol. The Labute approximate surface area is 104 Å². The second-order valence-corrected chi connectivity index (χ2v) is 4.45. The van der Waals surface area contributed by atoms with E-state index in [0.29, 0.717) is 24.0 Å². The van der Waals surface area contributed by atoms with Gasteiger partial charge in [-0.1, -0.05) is 5.16 Å². The monoisotopic (exact) mass is 247 g/mol. The zero-order valence-electron chi connectivity index (χ0n) is 9.96. The molecule has 0 unspecified atom stereocenters. The fraction of sp³-hybridized carbons (Fsp3) is 0.455.